The highest BCUT2D eigenvalue weighted by Crippen LogP contribution is 2.27. The van der Waals surface area contributed by atoms with Crippen LogP contribution in [0.2, 0.25) is 0 Å². The highest BCUT2D eigenvalue weighted by atomic mass is 16.5. The van der Waals surface area contributed by atoms with E-state index in [4.69, 9.17) is 4.74 Å². The van der Waals surface area contributed by atoms with Crippen LogP contribution >= 0.6 is 0 Å². The van der Waals surface area contributed by atoms with E-state index in [1.807, 2.05) is 24.3 Å². The van der Waals surface area contributed by atoms with Crippen LogP contribution in [-0.2, 0) is 0 Å². The molecule has 0 unspecified atom stereocenters. The van der Waals surface area contributed by atoms with E-state index >= 15 is 0 Å². The summed E-state index contributed by atoms with van der Waals surface area (Å²) in [5.74, 6) is 1.47. The second-order valence-corrected chi connectivity index (χ2v) is 4.79. The summed E-state index contributed by atoms with van der Waals surface area (Å²) in [6.45, 7) is 4.78. The van der Waals surface area contributed by atoms with E-state index in [9.17, 15) is 4.79 Å². The van der Waals surface area contributed by atoms with Gasteiger partial charge in [-0.2, -0.15) is 5.10 Å². The van der Waals surface area contributed by atoms with Crippen molar-refractivity contribution in [2.24, 2.45) is 5.92 Å². The first kappa shape index (κ1) is 14.0. The van der Waals surface area contributed by atoms with E-state index < -0.39 is 0 Å². The maximum atomic E-state index is 11.5. The molecule has 0 saturated heterocycles. The number of carbonyl (C=O) groups is 1. The fourth-order valence-corrected chi connectivity index (χ4v) is 1.64. The molecule has 2 N–H and O–H groups in total. The number of aromatic nitrogens is 3. The first-order valence-corrected chi connectivity index (χ1v) is 6.48. The molecular weight excluding hydrogens is 256 g/mol. The molecule has 0 atom stereocenters. The number of nitrogens with one attached hydrogen (secondary N) is 2. The Morgan fingerprint density at radius 2 is 2.15 bits per heavy atom. The molecule has 0 bridgehead atoms. The standard InChI is InChI=1S/C14H18N4O2/c1-9(2)8-20-11-7-5-4-6-10(11)12-16-13(18-17-12)14(19)15-3/h4-7,9H,8H2,1-3H3,(H,15,19)(H,16,17,18). The van der Waals surface area contributed by atoms with Crippen molar-refractivity contribution in [1.82, 2.24) is 20.5 Å². The minimum absolute atomic E-state index is 0.182. The number of hydrogen-bond acceptors (Lipinski definition) is 4. The third-order valence-electron chi connectivity index (χ3n) is 2.63. The van der Waals surface area contributed by atoms with Crippen molar-refractivity contribution in [1.29, 1.82) is 0 Å². The topological polar surface area (TPSA) is 79.9 Å². The Bertz CT molecular complexity index is 592. The number of rotatable bonds is 5. The lowest BCUT2D eigenvalue weighted by Gasteiger charge is -2.11. The summed E-state index contributed by atoms with van der Waals surface area (Å²) in [5, 5.41) is 9.18. The molecular formula is C14H18N4O2. The maximum Gasteiger partial charge on any atom is 0.288 e. The van der Waals surface area contributed by atoms with Gasteiger partial charge < -0.3 is 10.1 Å². The van der Waals surface area contributed by atoms with Gasteiger partial charge in [-0.05, 0) is 18.1 Å². The van der Waals surface area contributed by atoms with Gasteiger partial charge >= 0.3 is 0 Å². The minimum atomic E-state index is -0.302. The average Bonchev–Trinajstić information content (AvgIpc) is 2.94. The molecule has 1 amide bonds. The predicted molar refractivity (Wildman–Crippen MR) is 75.5 cm³/mol. The molecule has 6 nitrogen and oxygen atoms in total. The zero-order chi connectivity index (χ0) is 14.5. The number of H-pyrrole nitrogens is 1. The third kappa shape index (κ3) is 3.14. The van der Waals surface area contributed by atoms with Crippen LogP contribution in [0.15, 0.2) is 24.3 Å². The largest absolute Gasteiger partial charge is 0.493 e. The van der Waals surface area contributed by atoms with Gasteiger partial charge in [-0.1, -0.05) is 26.0 Å². The Hall–Kier alpha value is -2.37. The number of carbonyl (C=O) groups excluding carboxylic acids is 1. The molecule has 0 fully saturated rings. The van der Waals surface area contributed by atoms with E-state index in [2.05, 4.69) is 34.3 Å². The number of ether oxygens (including phenoxy) is 1. The number of aromatic amines is 1. The molecule has 1 aromatic heterocycles. The normalized spacial score (nSPS) is 10.6. The third-order valence-corrected chi connectivity index (χ3v) is 2.63. The molecule has 0 spiro atoms. The monoisotopic (exact) mass is 274 g/mol. The van der Waals surface area contributed by atoms with Gasteiger partial charge in [0.05, 0.1) is 12.2 Å². The van der Waals surface area contributed by atoms with Crippen LogP contribution in [0, 0.1) is 5.92 Å². The molecule has 2 aromatic rings. The van der Waals surface area contributed by atoms with Crippen molar-refractivity contribution in [2.75, 3.05) is 13.7 Å². The van der Waals surface area contributed by atoms with E-state index in [0.29, 0.717) is 24.1 Å². The molecule has 0 aliphatic carbocycles. The molecule has 2 rings (SSSR count). The zero-order valence-electron chi connectivity index (χ0n) is 11.8. The van der Waals surface area contributed by atoms with Gasteiger partial charge in [0.2, 0.25) is 5.82 Å². The van der Waals surface area contributed by atoms with E-state index in [1.165, 1.54) is 0 Å². The summed E-state index contributed by atoms with van der Waals surface area (Å²) in [4.78, 5) is 15.7. The molecule has 0 aliphatic heterocycles. The van der Waals surface area contributed by atoms with Crippen LogP contribution in [0.3, 0.4) is 0 Å². The number of hydrogen-bond donors (Lipinski definition) is 2. The van der Waals surface area contributed by atoms with Crippen LogP contribution in [0.1, 0.15) is 24.5 Å². The Morgan fingerprint density at radius 1 is 1.40 bits per heavy atom. The lowest BCUT2D eigenvalue weighted by Crippen LogP contribution is -2.19. The molecule has 0 saturated carbocycles. The van der Waals surface area contributed by atoms with Gasteiger partial charge in [-0.15, -0.1) is 0 Å². The number of benzene rings is 1. The maximum absolute atomic E-state index is 11.5. The zero-order valence-corrected chi connectivity index (χ0v) is 11.8. The number of para-hydroxylation sites is 1. The van der Waals surface area contributed by atoms with Crippen LogP contribution in [0.4, 0.5) is 0 Å². The molecule has 1 heterocycles. The van der Waals surface area contributed by atoms with Gasteiger partial charge in [0, 0.05) is 7.05 Å². The van der Waals surface area contributed by atoms with Crippen molar-refractivity contribution in [2.45, 2.75) is 13.8 Å². The summed E-state index contributed by atoms with van der Waals surface area (Å²) >= 11 is 0. The molecule has 0 radical (unpaired) electrons. The second kappa shape index (κ2) is 6.18. The van der Waals surface area contributed by atoms with E-state index in [-0.39, 0.29) is 11.7 Å². The highest BCUT2D eigenvalue weighted by Gasteiger charge is 2.14. The first-order valence-electron chi connectivity index (χ1n) is 6.48. The van der Waals surface area contributed by atoms with Crippen molar-refractivity contribution in [3.05, 3.63) is 30.1 Å². The number of amides is 1. The van der Waals surface area contributed by atoms with Crippen LogP contribution < -0.4 is 10.1 Å². The quantitative estimate of drug-likeness (QED) is 0.872. The van der Waals surface area contributed by atoms with Gasteiger partial charge in [0.15, 0.2) is 5.82 Å². The average molecular weight is 274 g/mol. The summed E-state index contributed by atoms with van der Waals surface area (Å²) in [5.41, 5.74) is 0.763. The van der Waals surface area contributed by atoms with Gasteiger partial charge in [0.25, 0.3) is 5.91 Å². The summed E-state index contributed by atoms with van der Waals surface area (Å²) in [6, 6.07) is 7.51. The van der Waals surface area contributed by atoms with Crippen molar-refractivity contribution < 1.29 is 9.53 Å². The molecule has 6 heteroatoms. The summed E-state index contributed by atoms with van der Waals surface area (Å²) < 4.78 is 5.75. The lowest BCUT2D eigenvalue weighted by atomic mass is 10.2. The smallest absolute Gasteiger partial charge is 0.288 e. The molecule has 1 aromatic carbocycles. The van der Waals surface area contributed by atoms with E-state index in [0.717, 1.165) is 5.56 Å². The summed E-state index contributed by atoms with van der Waals surface area (Å²) in [6.07, 6.45) is 0. The minimum Gasteiger partial charge on any atom is -0.493 e. The lowest BCUT2D eigenvalue weighted by molar-refractivity contribution is 0.0953. The van der Waals surface area contributed by atoms with E-state index in [1.54, 1.807) is 7.05 Å². The fourth-order valence-electron chi connectivity index (χ4n) is 1.64. The Kier molecular flexibility index (Phi) is 4.34. The fraction of sp³-hybridized carbons (Fsp3) is 0.357. The highest BCUT2D eigenvalue weighted by molar-refractivity contribution is 5.90. The Balaban J connectivity index is 2.28. The van der Waals surface area contributed by atoms with Gasteiger partial charge in [0.1, 0.15) is 5.75 Å². The second-order valence-electron chi connectivity index (χ2n) is 4.79. The summed E-state index contributed by atoms with van der Waals surface area (Å²) in [7, 11) is 1.55. The Labute approximate surface area is 117 Å². The van der Waals surface area contributed by atoms with Gasteiger partial charge in [-0.3, -0.25) is 9.89 Å². The van der Waals surface area contributed by atoms with Crippen molar-refractivity contribution in [3.8, 4) is 17.1 Å². The van der Waals surface area contributed by atoms with Crippen LogP contribution in [0.25, 0.3) is 11.4 Å². The van der Waals surface area contributed by atoms with Crippen molar-refractivity contribution in [3.63, 3.8) is 0 Å². The Morgan fingerprint density at radius 3 is 2.85 bits per heavy atom. The first-order chi connectivity index (χ1) is 9.61. The van der Waals surface area contributed by atoms with Crippen LogP contribution in [0.5, 0.6) is 5.75 Å². The van der Waals surface area contributed by atoms with Gasteiger partial charge in [-0.25, -0.2) is 4.98 Å². The SMILES string of the molecule is CNC(=O)c1nc(-c2ccccc2OCC(C)C)n[nH]1. The van der Waals surface area contributed by atoms with Crippen LogP contribution in [-0.4, -0.2) is 34.7 Å². The molecule has 0 aliphatic rings. The predicted octanol–water partition coefficient (Wildman–Crippen LogP) is 1.87. The molecule has 106 valence electrons. The molecule has 20 heavy (non-hydrogen) atoms. The van der Waals surface area contributed by atoms with Crippen molar-refractivity contribution >= 4 is 5.91 Å². The number of nitrogens with zero attached hydrogens (tertiary/aromatic N) is 2.